The van der Waals surface area contributed by atoms with Gasteiger partial charge < -0.3 is 10.8 Å². The molecule has 0 fully saturated rings. The normalized spacial score (nSPS) is 17.4. The molecule has 2 unspecified atom stereocenters. The second-order valence-corrected chi connectivity index (χ2v) is 4.18. The number of carboxylic acids is 1. The quantitative estimate of drug-likeness (QED) is 0.664. The number of carboxylic acid groups (broad SMARTS) is 1. The predicted molar refractivity (Wildman–Crippen MR) is 58.2 cm³/mol. The Morgan fingerprint density at radius 2 is 2.07 bits per heavy atom. The van der Waals surface area contributed by atoms with Crippen molar-refractivity contribution < 1.29 is 9.90 Å². The molecule has 0 heterocycles. The van der Waals surface area contributed by atoms with Crippen LogP contribution in [0.15, 0.2) is 0 Å². The van der Waals surface area contributed by atoms with Gasteiger partial charge in [0.2, 0.25) is 0 Å². The van der Waals surface area contributed by atoms with Crippen LogP contribution in [0.3, 0.4) is 0 Å². The molecule has 0 aliphatic heterocycles. The summed E-state index contributed by atoms with van der Waals surface area (Å²) in [6.07, 6.45) is 4.11. The third-order valence-electron chi connectivity index (χ3n) is 3.20. The molecule has 0 aliphatic carbocycles. The van der Waals surface area contributed by atoms with Crippen molar-refractivity contribution in [2.75, 3.05) is 0 Å². The summed E-state index contributed by atoms with van der Waals surface area (Å²) >= 11 is 0. The van der Waals surface area contributed by atoms with E-state index in [9.17, 15) is 4.79 Å². The average Bonchev–Trinajstić information content (AvgIpc) is 2.11. The van der Waals surface area contributed by atoms with Crippen LogP contribution in [0.1, 0.15) is 52.9 Å². The fourth-order valence-electron chi connectivity index (χ4n) is 1.93. The minimum atomic E-state index is -0.736. The monoisotopic (exact) mass is 201 g/mol. The van der Waals surface area contributed by atoms with Crippen molar-refractivity contribution in [2.24, 2.45) is 11.1 Å². The van der Waals surface area contributed by atoms with Gasteiger partial charge >= 0.3 is 5.97 Å². The molecule has 2 atom stereocenters. The van der Waals surface area contributed by atoms with E-state index in [0.717, 1.165) is 25.7 Å². The maximum absolute atomic E-state index is 10.8. The van der Waals surface area contributed by atoms with E-state index >= 15 is 0 Å². The molecule has 0 bridgehead atoms. The van der Waals surface area contributed by atoms with Gasteiger partial charge in [0.25, 0.3) is 0 Å². The molecule has 0 spiro atoms. The lowest BCUT2D eigenvalue weighted by Gasteiger charge is -2.35. The largest absolute Gasteiger partial charge is 0.481 e. The maximum atomic E-state index is 10.8. The van der Waals surface area contributed by atoms with E-state index in [4.69, 9.17) is 10.8 Å². The zero-order chi connectivity index (χ0) is 11.2. The molecule has 0 amide bonds. The molecule has 14 heavy (non-hydrogen) atoms. The van der Waals surface area contributed by atoms with E-state index in [1.54, 1.807) is 0 Å². The summed E-state index contributed by atoms with van der Waals surface area (Å²) in [4.78, 5) is 10.8. The highest BCUT2D eigenvalue weighted by Gasteiger charge is 2.34. The predicted octanol–water partition coefficient (Wildman–Crippen LogP) is 2.39. The van der Waals surface area contributed by atoms with Crippen molar-refractivity contribution in [2.45, 2.75) is 58.9 Å². The Labute approximate surface area is 86.7 Å². The topological polar surface area (TPSA) is 63.3 Å². The lowest BCUT2D eigenvalue weighted by atomic mass is 9.72. The molecule has 0 saturated carbocycles. The van der Waals surface area contributed by atoms with Crippen LogP contribution in [-0.4, -0.2) is 17.1 Å². The van der Waals surface area contributed by atoms with Crippen molar-refractivity contribution in [1.29, 1.82) is 0 Å². The summed E-state index contributed by atoms with van der Waals surface area (Å²) in [5, 5.41) is 8.87. The van der Waals surface area contributed by atoms with E-state index < -0.39 is 5.97 Å². The third-order valence-corrected chi connectivity index (χ3v) is 3.20. The first-order chi connectivity index (χ1) is 6.48. The number of hydrogen-bond donors (Lipinski definition) is 2. The molecule has 0 aromatic rings. The highest BCUT2D eigenvalue weighted by molar-refractivity contribution is 5.67. The fourth-order valence-corrected chi connectivity index (χ4v) is 1.93. The van der Waals surface area contributed by atoms with Crippen LogP contribution < -0.4 is 5.73 Å². The molecular formula is C11H23NO2. The Kier molecular flexibility index (Phi) is 5.77. The summed E-state index contributed by atoms with van der Waals surface area (Å²) < 4.78 is 0. The average molecular weight is 201 g/mol. The van der Waals surface area contributed by atoms with E-state index in [-0.39, 0.29) is 17.9 Å². The SMILES string of the molecule is CCCCC(CC)(CC(=O)O)C(C)N. The molecular weight excluding hydrogens is 178 g/mol. The van der Waals surface area contributed by atoms with Crippen LogP contribution in [0.25, 0.3) is 0 Å². The zero-order valence-electron chi connectivity index (χ0n) is 9.55. The van der Waals surface area contributed by atoms with Crippen molar-refractivity contribution in [3.05, 3.63) is 0 Å². The van der Waals surface area contributed by atoms with Gasteiger partial charge in [-0.15, -0.1) is 0 Å². The van der Waals surface area contributed by atoms with E-state index in [2.05, 4.69) is 6.92 Å². The lowest BCUT2D eigenvalue weighted by Crippen LogP contribution is -2.40. The zero-order valence-corrected chi connectivity index (χ0v) is 9.55. The van der Waals surface area contributed by atoms with Crippen LogP contribution in [0.2, 0.25) is 0 Å². The highest BCUT2D eigenvalue weighted by Crippen LogP contribution is 2.35. The van der Waals surface area contributed by atoms with Crippen LogP contribution in [0.5, 0.6) is 0 Å². The summed E-state index contributed by atoms with van der Waals surface area (Å²) in [6.45, 7) is 6.06. The number of unbranched alkanes of at least 4 members (excludes halogenated alkanes) is 1. The van der Waals surface area contributed by atoms with Crippen molar-refractivity contribution in [1.82, 2.24) is 0 Å². The second-order valence-electron chi connectivity index (χ2n) is 4.18. The Morgan fingerprint density at radius 3 is 2.36 bits per heavy atom. The number of nitrogens with two attached hydrogens (primary N) is 1. The number of hydrogen-bond acceptors (Lipinski definition) is 2. The highest BCUT2D eigenvalue weighted by atomic mass is 16.4. The Hall–Kier alpha value is -0.570. The molecule has 0 radical (unpaired) electrons. The van der Waals surface area contributed by atoms with Crippen LogP contribution in [-0.2, 0) is 4.79 Å². The van der Waals surface area contributed by atoms with Gasteiger partial charge in [-0.1, -0.05) is 26.7 Å². The van der Waals surface area contributed by atoms with Gasteiger partial charge in [0.1, 0.15) is 0 Å². The molecule has 3 heteroatoms. The Balaban J connectivity index is 4.51. The standard InChI is InChI=1S/C11H23NO2/c1-4-6-7-11(5-2,9(3)12)8-10(13)14/h9H,4-8,12H2,1-3H3,(H,13,14). The lowest BCUT2D eigenvalue weighted by molar-refractivity contribution is -0.140. The van der Waals surface area contributed by atoms with Gasteiger partial charge in [-0.25, -0.2) is 0 Å². The van der Waals surface area contributed by atoms with E-state index in [0.29, 0.717) is 0 Å². The maximum Gasteiger partial charge on any atom is 0.303 e. The van der Waals surface area contributed by atoms with Gasteiger partial charge in [-0.3, -0.25) is 4.79 Å². The Bertz CT molecular complexity index is 180. The van der Waals surface area contributed by atoms with E-state index in [1.807, 2.05) is 13.8 Å². The first-order valence-corrected chi connectivity index (χ1v) is 5.46. The molecule has 0 aromatic heterocycles. The van der Waals surface area contributed by atoms with Gasteiger partial charge in [-0.2, -0.15) is 0 Å². The molecule has 0 saturated heterocycles. The van der Waals surface area contributed by atoms with Crippen LogP contribution >= 0.6 is 0 Å². The number of rotatable bonds is 7. The van der Waals surface area contributed by atoms with E-state index in [1.165, 1.54) is 0 Å². The summed E-state index contributed by atoms with van der Waals surface area (Å²) in [7, 11) is 0. The fraction of sp³-hybridized carbons (Fsp3) is 0.909. The minimum Gasteiger partial charge on any atom is -0.481 e. The number of carbonyl (C=O) groups is 1. The first kappa shape index (κ1) is 13.4. The van der Waals surface area contributed by atoms with Gasteiger partial charge in [0.15, 0.2) is 0 Å². The molecule has 0 aromatic carbocycles. The molecule has 3 nitrogen and oxygen atoms in total. The van der Waals surface area contributed by atoms with Crippen molar-refractivity contribution in [3.8, 4) is 0 Å². The van der Waals surface area contributed by atoms with Crippen LogP contribution in [0.4, 0.5) is 0 Å². The van der Waals surface area contributed by atoms with Crippen molar-refractivity contribution in [3.63, 3.8) is 0 Å². The molecule has 0 rings (SSSR count). The number of aliphatic carboxylic acids is 1. The van der Waals surface area contributed by atoms with Crippen LogP contribution in [0, 0.1) is 5.41 Å². The third kappa shape index (κ3) is 3.66. The summed E-state index contributed by atoms with van der Waals surface area (Å²) in [5.41, 5.74) is 5.70. The molecule has 84 valence electrons. The van der Waals surface area contributed by atoms with Gasteiger partial charge in [0, 0.05) is 6.04 Å². The molecule has 0 aliphatic rings. The first-order valence-electron chi connectivity index (χ1n) is 5.46. The second kappa shape index (κ2) is 6.02. The molecule has 3 N–H and O–H groups in total. The van der Waals surface area contributed by atoms with Crippen molar-refractivity contribution >= 4 is 5.97 Å². The smallest absolute Gasteiger partial charge is 0.303 e. The summed E-state index contributed by atoms with van der Waals surface area (Å²) in [6, 6.07) is -0.0462. The van der Waals surface area contributed by atoms with Gasteiger partial charge in [-0.05, 0) is 25.2 Å². The minimum absolute atomic E-state index is 0.0462. The van der Waals surface area contributed by atoms with Gasteiger partial charge in [0.05, 0.1) is 6.42 Å². The summed E-state index contributed by atoms with van der Waals surface area (Å²) in [5.74, 6) is -0.736. The Morgan fingerprint density at radius 1 is 1.50 bits per heavy atom.